The summed E-state index contributed by atoms with van der Waals surface area (Å²) in [7, 11) is -3.70. The molecule has 1 saturated carbocycles. The molecule has 7 heteroatoms. The number of sulfonamides is 1. The van der Waals surface area contributed by atoms with Gasteiger partial charge >= 0.3 is 0 Å². The summed E-state index contributed by atoms with van der Waals surface area (Å²) in [5.74, 6) is 0. The quantitative estimate of drug-likeness (QED) is 0.876. The number of hydrogen-bond donors (Lipinski definition) is 2. The fourth-order valence-electron chi connectivity index (χ4n) is 1.91. The number of aliphatic hydroxyl groups excluding tert-OH is 1. The second kappa shape index (κ2) is 4.45. The molecule has 1 aliphatic carbocycles. The predicted molar refractivity (Wildman–Crippen MR) is 67.8 cm³/mol. The molecule has 0 spiro atoms. The highest BCUT2D eigenvalue weighted by molar-refractivity contribution is 7.89. The van der Waals surface area contributed by atoms with Crippen LogP contribution >= 0.6 is 11.6 Å². The number of nitrogens with one attached hydrogen (secondary N) is 1. The van der Waals surface area contributed by atoms with Crippen LogP contribution in [0.25, 0.3) is 0 Å². The Morgan fingerprint density at radius 1 is 1.56 bits per heavy atom. The minimum Gasteiger partial charge on any atom is -0.392 e. The molecule has 2 N–H and O–H groups in total. The van der Waals surface area contributed by atoms with E-state index >= 15 is 0 Å². The van der Waals surface area contributed by atoms with Crippen LogP contribution in [0, 0.1) is 5.41 Å². The SMILES string of the molecule is CC1(C)C(O)CC1NS(=O)(=O)c1cnccc1Cl. The van der Waals surface area contributed by atoms with E-state index in [4.69, 9.17) is 11.6 Å². The second-order valence-corrected chi connectivity index (χ2v) is 7.14. The minimum atomic E-state index is -3.70. The largest absolute Gasteiger partial charge is 0.392 e. The number of halogens is 1. The molecule has 0 aliphatic heterocycles. The van der Waals surface area contributed by atoms with Gasteiger partial charge in [0.2, 0.25) is 10.0 Å². The van der Waals surface area contributed by atoms with E-state index in [0.29, 0.717) is 6.42 Å². The number of aliphatic hydroxyl groups is 1. The van der Waals surface area contributed by atoms with Crippen LogP contribution in [0.15, 0.2) is 23.4 Å². The summed E-state index contributed by atoms with van der Waals surface area (Å²) in [5, 5.41) is 9.73. The first kappa shape index (κ1) is 13.7. The Morgan fingerprint density at radius 2 is 2.22 bits per heavy atom. The number of hydrogen-bond acceptors (Lipinski definition) is 4. The maximum Gasteiger partial charge on any atom is 0.243 e. The Bertz CT molecular complexity index is 559. The molecule has 2 atom stereocenters. The van der Waals surface area contributed by atoms with Gasteiger partial charge in [0, 0.05) is 23.9 Å². The van der Waals surface area contributed by atoms with Crippen molar-refractivity contribution in [2.45, 2.75) is 37.3 Å². The topological polar surface area (TPSA) is 79.3 Å². The molecule has 1 aliphatic rings. The Morgan fingerprint density at radius 3 is 2.72 bits per heavy atom. The Labute approximate surface area is 111 Å². The van der Waals surface area contributed by atoms with E-state index in [-0.39, 0.29) is 16.0 Å². The number of nitrogens with zero attached hydrogens (tertiary/aromatic N) is 1. The molecule has 1 aromatic rings. The van der Waals surface area contributed by atoms with Gasteiger partial charge in [0.05, 0.1) is 11.1 Å². The van der Waals surface area contributed by atoms with Crippen molar-refractivity contribution < 1.29 is 13.5 Å². The van der Waals surface area contributed by atoms with Crippen molar-refractivity contribution >= 4 is 21.6 Å². The highest BCUT2D eigenvalue weighted by atomic mass is 35.5. The van der Waals surface area contributed by atoms with Crippen molar-refractivity contribution in [1.29, 1.82) is 0 Å². The first-order valence-corrected chi connectivity index (χ1v) is 7.41. The Hall–Kier alpha value is -0.690. The molecule has 0 bridgehead atoms. The van der Waals surface area contributed by atoms with E-state index in [1.807, 2.05) is 13.8 Å². The fraction of sp³-hybridized carbons (Fsp3) is 0.545. The normalized spacial score (nSPS) is 26.7. The van der Waals surface area contributed by atoms with Crippen LogP contribution in [0.4, 0.5) is 0 Å². The lowest BCUT2D eigenvalue weighted by molar-refractivity contribution is -0.0645. The van der Waals surface area contributed by atoms with Gasteiger partial charge in [-0.25, -0.2) is 13.1 Å². The zero-order chi connectivity index (χ0) is 13.6. The summed E-state index contributed by atoms with van der Waals surface area (Å²) in [6.07, 6.45) is 2.56. The monoisotopic (exact) mass is 290 g/mol. The van der Waals surface area contributed by atoms with Crippen LogP contribution in [0.1, 0.15) is 20.3 Å². The third kappa shape index (κ3) is 2.25. The van der Waals surface area contributed by atoms with Gasteiger partial charge in [-0.3, -0.25) is 4.98 Å². The second-order valence-electron chi connectivity index (χ2n) is 5.05. The molecular formula is C11H15ClN2O3S. The molecule has 2 rings (SSSR count). The van der Waals surface area contributed by atoms with Gasteiger partial charge in [0.15, 0.2) is 0 Å². The molecule has 18 heavy (non-hydrogen) atoms. The van der Waals surface area contributed by atoms with Gasteiger partial charge in [0.25, 0.3) is 0 Å². The third-order valence-electron chi connectivity index (χ3n) is 3.54. The molecular weight excluding hydrogens is 276 g/mol. The smallest absolute Gasteiger partial charge is 0.243 e. The lowest BCUT2D eigenvalue weighted by Crippen LogP contribution is -2.61. The van der Waals surface area contributed by atoms with E-state index in [2.05, 4.69) is 9.71 Å². The van der Waals surface area contributed by atoms with E-state index in [1.165, 1.54) is 18.5 Å². The van der Waals surface area contributed by atoms with Gasteiger partial charge in [0.1, 0.15) is 4.90 Å². The highest BCUT2D eigenvalue weighted by Crippen LogP contribution is 2.41. The van der Waals surface area contributed by atoms with E-state index in [9.17, 15) is 13.5 Å². The van der Waals surface area contributed by atoms with Gasteiger partial charge in [-0.1, -0.05) is 25.4 Å². The number of pyridine rings is 1. The average Bonchev–Trinajstić information content (AvgIpc) is 2.29. The fourth-order valence-corrected chi connectivity index (χ4v) is 3.75. The van der Waals surface area contributed by atoms with E-state index in [0.717, 1.165) is 0 Å². The third-order valence-corrected chi connectivity index (χ3v) is 5.48. The molecule has 0 saturated heterocycles. The van der Waals surface area contributed by atoms with Crippen LogP contribution < -0.4 is 4.72 Å². The molecule has 0 radical (unpaired) electrons. The van der Waals surface area contributed by atoms with Gasteiger partial charge in [-0.2, -0.15) is 0 Å². The summed E-state index contributed by atoms with van der Waals surface area (Å²) in [6, 6.07) is 1.13. The van der Waals surface area contributed by atoms with Crippen LogP contribution in [-0.2, 0) is 10.0 Å². The lowest BCUT2D eigenvalue weighted by Gasteiger charge is -2.49. The first-order chi connectivity index (χ1) is 8.25. The van der Waals surface area contributed by atoms with Crippen molar-refractivity contribution in [2.75, 3.05) is 0 Å². The zero-order valence-corrected chi connectivity index (χ0v) is 11.7. The van der Waals surface area contributed by atoms with Crippen LogP contribution in [0.3, 0.4) is 0 Å². The van der Waals surface area contributed by atoms with Gasteiger partial charge < -0.3 is 5.11 Å². The van der Waals surface area contributed by atoms with Crippen LogP contribution in [0.2, 0.25) is 5.02 Å². The molecule has 1 fully saturated rings. The molecule has 100 valence electrons. The van der Waals surface area contributed by atoms with Crippen molar-refractivity contribution in [3.05, 3.63) is 23.5 Å². The summed E-state index contributed by atoms with van der Waals surface area (Å²) in [5.41, 5.74) is -0.470. The van der Waals surface area contributed by atoms with Crippen molar-refractivity contribution in [1.82, 2.24) is 9.71 Å². The molecule has 5 nitrogen and oxygen atoms in total. The van der Waals surface area contributed by atoms with Crippen molar-refractivity contribution in [3.63, 3.8) is 0 Å². The standard InChI is InChI=1S/C11H15ClN2O3S/c1-11(2)9(5-10(11)15)14-18(16,17)8-6-13-4-3-7(8)12/h3-4,6,9-10,14-15H,5H2,1-2H3. The van der Waals surface area contributed by atoms with E-state index in [1.54, 1.807) is 0 Å². The molecule has 2 unspecified atom stereocenters. The molecule has 0 aromatic carbocycles. The predicted octanol–water partition coefficient (Wildman–Crippen LogP) is 1.17. The molecule has 0 amide bonds. The van der Waals surface area contributed by atoms with Crippen LogP contribution in [0.5, 0.6) is 0 Å². The minimum absolute atomic E-state index is 0.0381. The van der Waals surface area contributed by atoms with Crippen molar-refractivity contribution in [3.8, 4) is 0 Å². The first-order valence-electron chi connectivity index (χ1n) is 5.55. The Balaban J connectivity index is 2.22. The van der Waals surface area contributed by atoms with Gasteiger partial charge in [-0.05, 0) is 12.5 Å². The molecule has 1 aromatic heterocycles. The average molecular weight is 291 g/mol. The Kier molecular flexibility index (Phi) is 3.40. The maximum atomic E-state index is 12.1. The summed E-state index contributed by atoms with van der Waals surface area (Å²) < 4.78 is 26.8. The van der Waals surface area contributed by atoms with Gasteiger partial charge in [-0.15, -0.1) is 0 Å². The number of aromatic nitrogens is 1. The zero-order valence-electron chi connectivity index (χ0n) is 10.1. The summed E-state index contributed by atoms with van der Waals surface area (Å²) in [4.78, 5) is 3.72. The van der Waals surface area contributed by atoms with E-state index < -0.39 is 21.5 Å². The van der Waals surface area contributed by atoms with Crippen LogP contribution in [-0.4, -0.2) is 30.7 Å². The summed E-state index contributed by atoms with van der Waals surface area (Å²) in [6.45, 7) is 3.64. The van der Waals surface area contributed by atoms with Crippen molar-refractivity contribution in [2.24, 2.45) is 5.41 Å². The summed E-state index contributed by atoms with van der Waals surface area (Å²) >= 11 is 5.84. The lowest BCUT2D eigenvalue weighted by atomic mass is 9.65. The molecule has 1 heterocycles. The highest BCUT2D eigenvalue weighted by Gasteiger charge is 2.49. The maximum absolute atomic E-state index is 12.1. The number of rotatable bonds is 3.